The molecule has 9 heteroatoms. The van der Waals surface area contributed by atoms with Gasteiger partial charge in [-0.05, 0) is 40.0 Å². The molecule has 2 amide bonds. The van der Waals surface area contributed by atoms with Gasteiger partial charge in [-0.1, -0.05) is 68.4 Å². The van der Waals surface area contributed by atoms with Gasteiger partial charge in [-0.25, -0.2) is 9.07 Å². The van der Waals surface area contributed by atoms with Crippen molar-refractivity contribution < 1.29 is 14.0 Å². The van der Waals surface area contributed by atoms with Crippen molar-refractivity contribution in [3.63, 3.8) is 0 Å². The predicted octanol–water partition coefficient (Wildman–Crippen LogP) is 2.95. The summed E-state index contributed by atoms with van der Waals surface area (Å²) in [5.74, 6) is 0.0819. The van der Waals surface area contributed by atoms with Crippen molar-refractivity contribution >= 4 is 11.8 Å². The number of nitrogens with one attached hydrogen (secondary N) is 1. The minimum absolute atomic E-state index is 0.0417. The minimum atomic E-state index is -1.27. The van der Waals surface area contributed by atoms with E-state index in [1.807, 2.05) is 42.5 Å². The quantitative estimate of drug-likeness (QED) is 0.580. The Morgan fingerprint density at radius 1 is 1.06 bits per heavy atom. The Balaban J connectivity index is 1.56. The molecule has 178 valence electrons. The first-order chi connectivity index (χ1) is 16.3. The Hall–Kier alpha value is -3.62. The van der Waals surface area contributed by atoms with Gasteiger partial charge in [-0.3, -0.25) is 9.59 Å². The van der Waals surface area contributed by atoms with Crippen molar-refractivity contribution in [2.75, 3.05) is 6.54 Å². The van der Waals surface area contributed by atoms with E-state index in [1.54, 1.807) is 6.92 Å². The van der Waals surface area contributed by atoms with Gasteiger partial charge in [0, 0.05) is 6.42 Å². The van der Waals surface area contributed by atoms with Gasteiger partial charge in [-0.2, -0.15) is 0 Å². The molecule has 2 heterocycles. The standard InChI is InChI=1S/C25H29FN6O2/c1-16(2)18-9-11-20(12-10-18)24(19-7-5-4-6-8-19)27-25(34)22-13-21(26)14-31(22)23(33)15-32-17(3)28-29-30-32/h4-12,16,21-22,24H,13-15H2,1-3H3,(H,27,34). The summed E-state index contributed by atoms with van der Waals surface area (Å²) in [7, 11) is 0. The minimum Gasteiger partial charge on any atom is -0.343 e. The Bertz CT molecular complexity index is 1130. The Morgan fingerprint density at radius 2 is 1.71 bits per heavy atom. The van der Waals surface area contributed by atoms with E-state index in [4.69, 9.17) is 0 Å². The molecule has 34 heavy (non-hydrogen) atoms. The number of rotatable bonds is 7. The van der Waals surface area contributed by atoms with Crippen LogP contribution in [0.25, 0.3) is 0 Å². The first-order valence-electron chi connectivity index (χ1n) is 11.4. The van der Waals surface area contributed by atoms with Crippen LogP contribution in [-0.4, -0.2) is 55.7 Å². The first kappa shape index (κ1) is 23.5. The molecule has 4 rings (SSSR count). The van der Waals surface area contributed by atoms with Crippen LogP contribution in [0.1, 0.15) is 54.7 Å². The normalized spacial score (nSPS) is 18.8. The third kappa shape index (κ3) is 5.13. The monoisotopic (exact) mass is 464 g/mol. The van der Waals surface area contributed by atoms with Gasteiger partial charge in [0.2, 0.25) is 11.8 Å². The van der Waals surface area contributed by atoms with Crippen LogP contribution in [0.2, 0.25) is 0 Å². The number of alkyl halides is 1. The molecule has 1 aliphatic heterocycles. The Labute approximate surface area is 198 Å². The maximum absolute atomic E-state index is 14.4. The number of nitrogens with zero attached hydrogens (tertiary/aromatic N) is 5. The fourth-order valence-electron chi connectivity index (χ4n) is 4.24. The van der Waals surface area contributed by atoms with Crippen LogP contribution in [-0.2, 0) is 16.1 Å². The van der Waals surface area contributed by atoms with Gasteiger partial charge in [-0.15, -0.1) is 5.10 Å². The fourth-order valence-corrected chi connectivity index (χ4v) is 4.24. The van der Waals surface area contributed by atoms with Crippen molar-refractivity contribution in [2.45, 2.75) is 57.9 Å². The molecule has 0 saturated carbocycles. The summed E-state index contributed by atoms with van der Waals surface area (Å²) in [6, 6.07) is 16.4. The highest BCUT2D eigenvalue weighted by Gasteiger charge is 2.40. The number of hydrogen-bond donors (Lipinski definition) is 1. The molecule has 0 spiro atoms. The van der Waals surface area contributed by atoms with E-state index in [2.05, 4.69) is 46.8 Å². The number of aryl methyl sites for hydroxylation is 1. The van der Waals surface area contributed by atoms with E-state index in [1.165, 1.54) is 15.1 Å². The molecular formula is C25H29FN6O2. The maximum Gasteiger partial charge on any atom is 0.245 e. The van der Waals surface area contributed by atoms with Crippen LogP contribution < -0.4 is 5.32 Å². The number of tetrazole rings is 1. The third-order valence-corrected chi connectivity index (χ3v) is 6.22. The van der Waals surface area contributed by atoms with E-state index < -0.39 is 24.2 Å². The second kappa shape index (κ2) is 10.1. The van der Waals surface area contributed by atoms with Crippen LogP contribution in [0.15, 0.2) is 54.6 Å². The van der Waals surface area contributed by atoms with Gasteiger partial charge in [0.05, 0.1) is 12.6 Å². The summed E-state index contributed by atoms with van der Waals surface area (Å²) >= 11 is 0. The van der Waals surface area contributed by atoms with Crippen molar-refractivity contribution in [2.24, 2.45) is 0 Å². The smallest absolute Gasteiger partial charge is 0.245 e. The highest BCUT2D eigenvalue weighted by molar-refractivity contribution is 5.88. The van der Waals surface area contributed by atoms with Crippen molar-refractivity contribution in [3.05, 3.63) is 77.1 Å². The van der Waals surface area contributed by atoms with Crippen LogP contribution in [0, 0.1) is 6.92 Å². The maximum atomic E-state index is 14.4. The van der Waals surface area contributed by atoms with Gasteiger partial charge < -0.3 is 10.2 Å². The SMILES string of the molecule is Cc1nnnn1CC(=O)N1CC(F)CC1C(=O)NC(c1ccccc1)c1ccc(C(C)C)cc1. The van der Waals surface area contributed by atoms with Gasteiger partial charge in [0.1, 0.15) is 24.6 Å². The largest absolute Gasteiger partial charge is 0.343 e. The molecule has 0 aliphatic carbocycles. The lowest BCUT2D eigenvalue weighted by Gasteiger charge is -2.27. The van der Waals surface area contributed by atoms with Crippen LogP contribution >= 0.6 is 0 Å². The van der Waals surface area contributed by atoms with E-state index in [9.17, 15) is 14.0 Å². The topological polar surface area (TPSA) is 93.0 Å². The average Bonchev–Trinajstić information content (AvgIpc) is 3.43. The summed E-state index contributed by atoms with van der Waals surface area (Å²) in [4.78, 5) is 27.6. The number of aromatic nitrogens is 4. The first-order valence-corrected chi connectivity index (χ1v) is 11.4. The lowest BCUT2D eigenvalue weighted by Crippen LogP contribution is -2.48. The van der Waals surface area contributed by atoms with Crippen LogP contribution in [0.3, 0.4) is 0 Å². The molecular weight excluding hydrogens is 435 g/mol. The number of hydrogen-bond acceptors (Lipinski definition) is 5. The predicted molar refractivity (Wildman–Crippen MR) is 125 cm³/mol. The Kier molecular flexibility index (Phi) is 7.00. The number of likely N-dealkylation sites (tertiary alicyclic amines) is 1. The zero-order valence-electron chi connectivity index (χ0n) is 19.6. The average molecular weight is 465 g/mol. The number of carbonyl (C=O) groups excluding carboxylic acids is 2. The van der Waals surface area contributed by atoms with Crippen LogP contribution in [0.4, 0.5) is 4.39 Å². The van der Waals surface area contributed by atoms with E-state index >= 15 is 0 Å². The van der Waals surface area contributed by atoms with Gasteiger partial charge >= 0.3 is 0 Å². The molecule has 1 fully saturated rings. The van der Waals surface area contributed by atoms with E-state index in [-0.39, 0.29) is 25.4 Å². The van der Waals surface area contributed by atoms with E-state index in [0.29, 0.717) is 11.7 Å². The lowest BCUT2D eigenvalue weighted by molar-refractivity contribution is -0.139. The fraction of sp³-hybridized carbons (Fsp3) is 0.400. The molecule has 0 bridgehead atoms. The molecule has 1 N–H and O–H groups in total. The molecule has 3 atom stereocenters. The summed E-state index contributed by atoms with van der Waals surface area (Å²) < 4.78 is 15.7. The molecule has 8 nitrogen and oxygen atoms in total. The third-order valence-electron chi connectivity index (χ3n) is 6.22. The molecule has 1 saturated heterocycles. The molecule has 0 radical (unpaired) electrons. The van der Waals surface area contributed by atoms with Gasteiger partial charge in [0.15, 0.2) is 0 Å². The molecule has 1 aromatic heterocycles. The van der Waals surface area contributed by atoms with Gasteiger partial charge in [0.25, 0.3) is 0 Å². The highest BCUT2D eigenvalue weighted by atomic mass is 19.1. The lowest BCUT2D eigenvalue weighted by atomic mass is 9.95. The Morgan fingerprint density at radius 3 is 2.32 bits per heavy atom. The number of carbonyl (C=O) groups is 2. The van der Waals surface area contributed by atoms with E-state index in [0.717, 1.165) is 11.1 Å². The summed E-state index contributed by atoms with van der Waals surface area (Å²) in [6.45, 7) is 5.66. The molecule has 2 aromatic carbocycles. The molecule has 3 aromatic rings. The summed E-state index contributed by atoms with van der Waals surface area (Å²) in [5.41, 5.74) is 3.03. The van der Waals surface area contributed by atoms with Crippen LogP contribution in [0.5, 0.6) is 0 Å². The molecule has 3 unspecified atom stereocenters. The summed E-state index contributed by atoms with van der Waals surface area (Å²) in [5, 5.41) is 14.1. The summed E-state index contributed by atoms with van der Waals surface area (Å²) in [6.07, 6.45) is -1.31. The van der Waals surface area contributed by atoms with Crippen molar-refractivity contribution in [1.29, 1.82) is 0 Å². The van der Waals surface area contributed by atoms with Crippen molar-refractivity contribution in [1.82, 2.24) is 30.4 Å². The zero-order chi connectivity index (χ0) is 24.2. The second-order valence-electron chi connectivity index (χ2n) is 8.95. The number of benzene rings is 2. The van der Waals surface area contributed by atoms with Crippen molar-refractivity contribution in [3.8, 4) is 0 Å². The number of amides is 2. The molecule has 1 aliphatic rings. The zero-order valence-corrected chi connectivity index (χ0v) is 19.6. The highest BCUT2D eigenvalue weighted by Crippen LogP contribution is 2.27. The number of halogens is 1. The second-order valence-corrected chi connectivity index (χ2v) is 8.95.